The highest BCUT2D eigenvalue weighted by Crippen LogP contribution is 2.28. The fourth-order valence-electron chi connectivity index (χ4n) is 2.55. The topological polar surface area (TPSA) is 57.7 Å². The number of hydrogen-bond acceptors (Lipinski definition) is 3. The van der Waals surface area contributed by atoms with Crippen molar-refractivity contribution in [3.63, 3.8) is 0 Å². The van der Waals surface area contributed by atoms with E-state index in [9.17, 15) is 27.6 Å². The van der Waals surface area contributed by atoms with Gasteiger partial charge < -0.3 is 0 Å². The lowest BCUT2D eigenvalue weighted by molar-refractivity contribution is -0.170. The van der Waals surface area contributed by atoms with E-state index in [1.165, 1.54) is 48.5 Å². The van der Waals surface area contributed by atoms with Crippen LogP contribution in [-0.2, 0) is 4.79 Å². The van der Waals surface area contributed by atoms with Crippen molar-refractivity contribution >= 4 is 35.0 Å². The first-order chi connectivity index (χ1) is 12.2. The van der Waals surface area contributed by atoms with Crippen molar-refractivity contribution in [1.82, 2.24) is 4.90 Å². The van der Waals surface area contributed by atoms with Gasteiger partial charge in [0.25, 0.3) is 11.8 Å². The average Bonchev–Trinajstić information content (AvgIpc) is 2.84. The first-order valence-corrected chi connectivity index (χ1v) is 7.67. The van der Waals surface area contributed by atoms with Crippen LogP contribution < -0.4 is 4.90 Å². The van der Waals surface area contributed by atoms with Crippen molar-refractivity contribution < 1.29 is 27.6 Å². The molecule has 1 aliphatic rings. The van der Waals surface area contributed by atoms with E-state index < -0.39 is 30.6 Å². The van der Waals surface area contributed by atoms with E-state index in [2.05, 4.69) is 0 Å². The average molecular weight is 383 g/mol. The number of anilines is 1. The van der Waals surface area contributed by atoms with Gasteiger partial charge in [0.15, 0.2) is 0 Å². The summed E-state index contributed by atoms with van der Waals surface area (Å²) in [6.45, 7) is -0.869. The molecule has 5 nitrogen and oxygen atoms in total. The van der Waals surface area contributed by atoms with Crippen molar-refractivity contribution in [2.24, 2.45) is 0 Å². The van der Waals surface area contributed by atoms with Crippen molar-refractivity contribution in [2.75, 3.05) is 11.6 Å². The Morgan fingerprint density at radius 3 is 1.92 bits per heavy atom. The lowest BCUT2D eigenvalue weighted by Crippen LogP contribution is -2.49. The van der Waals surface area contributed by atoms with Gasteiger partial charge in [0.05, 0.1) is 11.1 Å². The molecule has 0 spiro atoms. The Balaban J connectivity index is 1.97. The maximum Gasteiger partial charge on any atom is 0.471 e. The van der Waals surface area contributed by atoms with E-state index in [0.29, 0.717) is 9.80 Å². The van der Waals surface area contributed by atoms with Crippen molar-refractivity contribution in [2.45, 2.75) is 6.18 Å². The maximum atomic E-state index is 13.0. The molecule has 0 saturated carbocycles. The highest BCUT2D eigenvalue weighted by Gasteiger charge is 2.45. The first kappa shape index (κ1) is 17.9. The first-order valence-electron chi connectivity index (χ1n) is 7.29. The third-order valence-corrected chi connectivity index (χ3v) is 4.04. The smallest absolute Gasteiger partial charge is 0.286 e. The molecule has 134 valence electrons. The molecule has 0 N–H and O–H groups in total. The highest BCUT2D eigenvalue weighted by molar-refractivity contribution is 6.30. The molecule has 2 aromatic carbocycles. The quantitative estimate of drug-likeness (QED) is 0.764. The van der Waals surface area contributed by atoms with Gasteiger partial charge in [0.1, 0.15) is 6.67 Å². The van der Waals surface area contributed by atoms with Crippen LogP contribution in [0.3, 0.4) is 0 Å². The lowest BCUT2D eigenvalue weighted by atomic mass is 10.1. The molecule has 9 heteroatoms. The summed E-state index contributed by atoms with van der Waals surface area (Å²) in [6, 6.07) is 10.9. The van der Waals surface area contributed by atoms with Crippen molar-refractivity contribution in [3.05, 3.63) is 64.7 Å². The Kier molecular flexibility index (Phi) is 4.45. The molecule has 2 aromatic rings. The van der Waals surface area contributed by atoms with Crippen LogP contribution in [0.2, 0.25) is 5.02 Å². The molecular weight excluding hydrogens is 373 g/mol. The minimum atomic E-state index is -5.18. The number of halogens is 4. The number of hydrogen-bond donors (Lipinski definition) is 0. The second kappa shape index (κ2) is 6.45. The number of amides is 3. The fraction of sp³-hybridized carbons (Fsp3) is 0.118. The van der Waals surface area contributed by atoms with Gasteiger partial charge in [0.2, 0.25) is 0 Å². The molecule has 0 bridgehead atoms. The largest absolute Gasteiger partial charge is 0.471 e. The molecule has 0 aromatic heterocycles. The van der Waals surface area contributed by atoms with Crippen molar-refractivity contribution in [1.29, 1.82) is 0 Å². The molecule has 0 aliphatic carbocycles. The number of alkyl halides is 3. The molecule has 26 heavy (non-hydrogen) atoms. The van der Waals surface area contributed by atoms with E-state index in [0.717, 1.165) is 0 Å². The van der Waals surface area contributed by atoms with E-state index in [1.807, 2.05) is 0 Å². The molecule has 0 atom stereocenters. The molecular formula is C17H10ClF3N2O3. The van der Waals surface area contributed by atoms with Crippen molar-refractivity contribution in [3.8, 4) is 0 Å². The molecule has 0 fully saturated rings. The second-order valence-electron chi connectivity index (χ2n) is 5.43. The highest BCUT2D eigenvalue weighted by atomic mass is 35.5. The van der Waals surface area contributed by atoms with E-state index in [4.69, 9.17) is 11.6 Å². The molecule has 3 rings (SSSR count). The van der Waals surface area contributed by atoms with Crippen LogP contribution >= 0.6 is 11.6 Å². The summed E-state index contributed by atoms with van der Waals surface area (Å²) >= 11 is 5.72. The van der Waals surface area contributed by atoms with Crippen LogP contribution in [-0.4, -0.2) is 35.5 Å². The minimum Gasteiger partial charge on any atom is -0.286 e. The molecule has 0 saturated heterocycles. The van der Waals surface area contributed by atoms with Crippen LogP contribution in [0.5, 0.6) is 0 Å². The molecule has 3 amide bonds. The van der Waals surface area contributed by atoms with Crippen LogP contribution in [0.15, 0.2) is 48.5 Å². The van der Waals surface area contributed by atoms with E-state index >= 15 is 0 Å². The normalized spacial score (nSPS) is 13.8. The summed E-state index contributed by atoms with van der Waals surface area (Å²) in [4.78, 5) is 37.5. The molecule has 1 aliphatic heterocycles. The van der Waals surface area contributed by atoms with Gasteiger partial charge in [-0.05, 0) is 36.4 Å². The summed E-state index contributed by atoms with van der Waals surface area (Å²) in [5, 5.41) is 0.258. The number of carbonyl (C=O) groups is 3. The molecule has 1 heterocycles. The van der Waals surface area contributed by atoms with E-state index in [-0.39, 0.29) is 21.8 Å². The Hall–Kier alpha value is -2.87. The second-order valence-corrected chi connectivity index (χ2v) is 5.87. The minimum absolute atomic E-state index is 0.0769. The fourth-order valence-corrected chi connectivity index (χ4v) is 2.67. The standard InChI is InChI=1S/C17H10ClF3N2O3/c18-10-5-7-11(8-6-10)22(16(26)17(19,20)21)9-23-14(24)12-3-1-2-4-13(12)15(23)25/h1-8H,9H2. The van der Waals surface area contributed by atoms with Gasteiger partial charge in [-0.1, -0.05) is 23.7 Å². The summed E-state index contributed by atoms with van der Waals surface area (Å²) in [7, 11) is 0. The number of imide groups is 1. The SMILES string of the molecule is O=C1c2ccccc2C(=O)N1CN(C(=O)C(F)(F)F)c1ccc(Cl)cc1. The number of benzene rings is 2. The van der Waals surface area contributed by atoms with Gasteiger partial charge >= 0.3 is 12.1 Å². The van der Waals surface area contributed by atoms with Gasteiger partial charge in [-0.25, -0.2) is 0 Å². The molecule has 0 unspecified atom stereocenters. The van der Waals surface area contributed by atoms with Crippen LogP contribution in [0.4, 0.5) is 18.9 Å². The van der Waals surface area contributed by atoms with Gasteiger partial charge in [-0.15, -0.1) is 0 Å². The number of fused-ring (bicyclic) bond motifs is 1. The van der Waals surface area contributed by atoms with E-state index in [1.54, 1.807) is 0 Å². The van der Waals surface area contributed by atoms with Crippen LogP contribution in [0.1, 0.15) is 20.7 Å². The zero-order valence-electron chi connectivity index (χ0n) is 13.0. The third kappa shape index (κ3) is 3.15. The maximum absolute atomic E-state index is 13.0. The monoisotopic (exact) mass is 382 g/mol. The Morgan fingerprint density at radius 1 is 0.962 bits per heavy atom. The Morgan fingerprint density at radius 2 is 1.46 bits per heavy atom. The van der Waals surface area contributed by atoms with Gasteiger partial charge in [0, 0.05) is 10.7 Å². The number of nitrogens with zero attached hydrogens (tertiary/aromatic N) is 2. The Bertz CT molecular complexity index is 862. The number of rotatable bonds is 3. The van der Waals surface area contributed by atoms with Gasteiger partial charge in [-0.2, -0.15) is 13.2 Å². The zero-order valence-corrected chi connectivity index (χ0v) is 13.7. The Labute approximate surface area is 150 Å². The van der Waals surface area contributed by atoms with Crippen LogP contribution in [0.25, 0.3) is 0 Å². The summed E-state index contributed by atoms with van der Waals surface area (Å²) < 4.78 is 39.0. The summed E-state index contributed by atoms with van der Waals surface area (Å²) in [5.41, 5.74) is 0.00862. The molecule has 0 radical (unpaired) electrons. The zero-order chi connectivity index (χ0) is 19.1. The summed E-state index contributed by atoms with van der Waals surface area (Å²) in [6.07, 6.45) is -5.18. The lowest BCUT2D eigenvalue weighted by Gasteiger charge is -2.27. The third-order valence-electron chi connectivity index (χ3n) is 3.79. The number of carbonyl (C=O) groups excluding carboxylic acids is 3. The predicted molar refractivity (Wildman–Crippen MR) is 86.8 cm³/mol. The predicted octanol–water partition coefficient (Wildman–Crippen LogP) is 3.49. The van der Waals surface area contributed by atoms with Crippen LogP contribution in [0, 0.1) is 0 Å². The summed E-state index contributed by atoms with van der Waals surface area (Å²) in [5.74, 6) is -3.73. The van der Waals surface area contributed by atoms with Gasteiger partial charge in [-0.3, -0.25) is 24.2 Å².